The molecule has 2 nitrogen and oxygen atoms in total. The molecule has 15 heavy (non-hydrogen) atoms. The Kier molecular flexibility index (Phi) is 2.83. The number of carbonyl (C=O) groups excluding carboxylic acids is 1. The predicted molar refractivity (Wildman–Crippen MR) is 63.9 cm³/mol. The minimum absolute atomic E-state index is 0.151. The monoisotopic (exact) mass is 267 g/mol. The summed E-state index contributed by atoms with van der Waals surface area (Å²) in [5, 5.41) is 0. The minimum atomic E-state index is 0.151. The summed E-state index contributed by atoms with van der Waals surface area (Å²) in [7, 11) is 0. The molecular weight excluding hydrogens is 254 g/mol. The number of hydrogen-bond donors (Lipinski definition) is 0. The summed E-state index contributed by atoms with van der Waals surface area (Å²) in [4.78, 5) is 14.0. The maximum atomic E-state index is 12.1. The van der Waals surface area contributed by atoms with Crippen LogP contribution in [-0.2, 0) is 0 Å². The van der Waals surface area contributed by atoms with Crippen LogP contribution in [0.5, 0.6) is 0 Å². The highest BCUT2D eigenvalue weighted by atomic mass is 79.9. The fourth-order valence-corrected chi connectivity index (χ4v) is 2.56. The standard InChI is InChI=1S/C12H14BrNO/c1-8-6-14(7-8)12(15)11-9(2)4-3-5-10(11)13/h3-5,8H,6-7H2,1-2H3. The largest absolute Gasteiger partial charge is 0.338 e. The molecule has 0 spiro atoms. The van der Waals surface area contributed by atoms with Crippen LogP contribution in [0.15, 0.2) is 22.7 Å². The molecule has 0 radical (unpaired) electrons. The van der Waals surface area contributed by atoms with E-state index in [0.717, 1.165) is 28.7 Å². The Morgan fingerprint density at radius 2 is 2.13 bits per heavy atom. The Morgan fingerprint density at radius 3 is 2.67 bits per heavy atom. The highest BCUT2D eigenvalue weighted by Crippen LogP contribution is 2.25. The minimum Gasteiger partial charge on any atom is -0.338 e. The molecule has 1 amide bonds. The highest BCUT2D eigenvalue weighted by molar-refractivity contribution is 9.10. The van der Waals surface area contributed by atoms with E-state index in [4.69, 9.17) is 0 Å². The number of carbonyl (C=O) groups is 1. The van der Waals surface area contributed by atoms with Crippen molar-refractivity contribution in [1.82, 2.24) is 4.90 Å². The van der Waals surface area contributed by atoms with Crippen LogP contribution in [0.2, 0.25) is 0 Å². The number of nitrogens with zero attached hydrogens (tertiary/aromatic N) is 1. The number of benzene rings is 1. The molecule has 0 atom stereocenters. The van der Waals surface area contributed by atoms with Gasteiger partial charge in [0.1, 0.15) is 0 Å². The lowest BCUT2D eigenvalue weighted by Gasteiger charge is -2.37. The lowest BCUT2D eigenvalue weighted by atomic mass is 10.00. The van der Waals surface area contributed by atoms with Crippen molar-refractivity contribution >= 4 is 21.8 Å². The van der Waals surface area contributed by atoms with Gasteiger partial charge in [0.05, 0.1) is 5.56 Å². The van der Waals surface area contributed by atoms with E-state index in [1.165, 1.54) is 0 Å². The van der Waals surface area contributed by atoms with Crippen molar-refractivity contribution in [2.45, 2.75) is 13.8 Å². The van der Waals surface area contributed by atoms with Crippen LogP contribution in [0.3, 0.4) is 0 Å². The summed E-state index contributed by atoms with van der Waals surface area (Å²) < 4.78 is 0.895. The van der Waals surface area contributed by atoms with E-state index < -0.39 is 0 Å². The van der Waals surface area contributed by atoms with Crippen molar-refractivity contribution in [1.29, 1.82) is 0 Å². The molecule has 1 fully saturated rings. The summed E-state index contributed by atoms with van der Waals surface area (Å²) in [6.07, 6.45) is 0. The normalized spacial score (nSPS) is 16.3. The average Bonchev–Trinajstić information content (AvgIpc) is 2.12. The lowest BCUT2D eigenvalue weighted by molar-refractivity contribution is 0.0528. The molecule has 1 aliphatic heterocycles. The van der Waals surface area contributed by atoms with Crippen LogP contribution in [0.4, 0.5) is 0 Å². The molecule has 1 aromatic rings. The molecular formula is C12H14BrNO. The van der Waals surface area contributed by atoms with Gasteiger partial charge < -0.3 is 4.90 Å². The van der Waals surface area contributed by atoms with E-state index >= 15 is 0 Å². The summed E-state index contributed by atoms with van der Waals surface area (Å²) in [6, 6.07) is 5.85. The van der Waals surface area contributed by atoms with Gasteiger partial charge in [-0.05, 0) is 40.4 Å². The number of halogens is 1. The number of likely N-dealkylation sites (tertiary alicyclic amines) is 1. The summed E-state index contributed by atoms with van der Waals surface area (Å²) in [5.41, 5.74) is 1.85. The zero-order valence-corrected chi connectivity index (χ0v) is 10.5. The molecule has 2 rings (SSSR count). The number of rotatable bonds is 1. The third kappa shape index (κ3) is 1.93. The van der Waals surface area contributed by atoms with Gasteiger partial charge in [0.25, 0.3) is 5.91 Å². The van der Waals surface area contributed by atoms with Gasteiger partial charge in [-0.15, -0.1) is 0 Å². The Bertz CT molecular complexity index is 376. The maximum Gasteiger partial charge on any atom is 0.255 e. The average molecular weight is 268 g/mol. The molecule has 1 saturated heterocycles. The van der Waals surface area contributed by atoms with Crippen molar-refractivity contribution in [3.8, 4) is 0 Å². The first-order valence-electron chi connectivity index (χ1n) is 5.14. The SMILES string of the molecule is Cc1cccc(Br)c1C(=O)N1CC(C)C1. The van der Waals surface area contributed by atoms with Crippen LogP contribution < -0.4 is 0 Å². The quantitative estimate of drug-likeness (QED) is 0.767. The van der Waals surface area contributed by atoms with Crippen LogP contribution in [0, 0.1) is 12.8 Å². The van der Waals surface area contributed by atoms with Gasteiger partial charge in [-0.3, -0.25) is 4.79 Å². The van der Waals surface area contributed by atoms with Crippen molar-refractivity contribution < 1.29 is 4.79 Å². The molecule has 1 aliphatic rings. The second kappa shape index (κ2) is 3.97. The molecule has 0 unspecified atom stereocenters. The van der Waals surface area contributed by atoms with E-state index in [0.29, 0.717) is 5.92 Å². The molecule has 1 aromatic carbocycles. The van der Waals surface area contributed by atoms with Crippen molar-refractivity contribution in [3.05, 3.63) is 33.8 Å². The Hall–Kier alpha value is -0.830. The van der Waals surface area contributed by atoms with Crippen LogP contribution in [-0.4, -0.2) is 23.9 Å². The van der Waals surface area contributed by atoms with E-state index in [-0.39, 0.29) is 5.91 Å². The molecule has 0 bridgehead atoms. The second-order valence-electron chi connectivity index (χ2n) is 4.25. The van der Waals surface area contributed by atoms with Gasteiger partial charge in [0.2, 0.25) is 0 Å². The fraction of sp³-hybridized carbons (Fsp3) is 0.417. The second-order valence-corrected chi connectivity index (χ2v) is 5.10. The maximum absolute atomic E-state index is 12.1. The van der Waals surface area contributed by atoms with Crippen LogP contribution >= 0.6 is 15.9 Å². The van der Waals surface area contributed by atoms with Gasteiger partial charge in [-0.2, -0.15) is 0 Å². The molecule has 0 N–H and O–H groups in total. The predicted octanol–water partition coefficient (Wildman–Crippen LogP) is 2.85. The first-order chi connectivity index (χ1) is 7.09. The molecule has 0 aromatic heterocycles. The van der Waals surface area contributed by atoms with E-state index in [9.17, 15) is 4.79 Å². The third-order valence-corrected chi connectivity index (χ3v) is 3.45. The van der Waals surface area contributed by atoms with E-state index in [2.05, 4.69) is 22.9 Å². The first kappa shape index (κ1) is 10.7. The number of aryl methyl sites for hydroxylation is 1. The molecule has 0 aliphatic carbocycles. The smallest absolute Gasteiger partial charge is 0.255 e. The Morgan fingerprint density at radius 1 is 1.47 bits per heavy atom. The van der Waals surface area contributed by atoms with Gasteiger partial charge >= 0.3 is 0 Å². The van der Waals surface area contributed by atoms with Crippen LogP contribution in [0.25, 0.3) is 0 Å². The van der Waals surface area contributed by atoms with Crippen molar-refractivity contribution in [2.24, 2.45) is 5.92 Å². The molecule has 3 heteroatoms. The van der Waals surface area contributed by atoms with Crippen LogP contribution in [0.1, 0.15) is 22.8 Å². The number of amides is 1. The van der Waals surface area contributed by atoms with Crippen molar-refractivity contribution in [3.63, 3.8) is 0 Å². The van der Waals surface area contributed by atoms with Gasteiger partial charge in [-0.25, -0.2) is 0 Å². The van der Waals surface area contributed by atoms with E-state index in [1.807, 2.05) is 30.0 Å². The summed E-state index contributed by atoms with van der Waals surface area (Å²) >= 11 is 3.44. The fourth-order valence-electron chi connectivity index (χ4n) is 1.93. The zero-order valence-electron chi connectivity index (χ0n) is 8.96. The zero-order chi connectivity index (χ0) is 11.0. The number of hydrogen-bond acceptors (Lipinski definition) is 1. The third-order valence-electron chi connectivity index (χ3n) is 2.79. The molecule has 1 heterocycles. The van der Waals surface area contributed by atoms with E-state index in [1.54, 1.807) is 0 Å². The van der Waals surface area contributed by atoms with Gasteiger partial charge in [0.15, 0.2) is 0 Å². The Balaban J connectivity index is 2.26. The van der Waals surface area contributed by atoms with Gasteiger partial charge in [-0.1, -0.05) is 19.1 Å². The molecule has 0 saturated carbocycles. The topological polar surface area (TPSA) is 20.3 Å². The summed E-state index contributed by atoms with van der Waals surface area (Å²) in [6.45, 7) is 5.91. The molecule has 80 valence electrons. The lowest BCUT2D eigenvalue weighted by Crippen LogP contribution is -2.48. The van der Waals surface area contributed by atoms with Crippen molar-refractivity contribution in [2.75, 3.05) is 13.1 Å². The first-order valence-corrected chi connectivity index (χ1v) is 5.93. The summed E-state index contributed by atoms with van der Waals surface area (Å²) in [5.74, 6) is 0.801. The Labute approximate surface area is 98.4 Å². The highest BCUT2D eigenvalue weighted by Gasteiger charge is 2.29. The van der Waals surface area contributed by atoms with Gasteiger partial charge in [0, 0.05) is 17.6 Å².